The van der Waals surface area contributed by atoms with E-state index in [0.717, 1.165) is 61.4 Å². The fraction of sp³-hybridized carbons (Fsp3) is 0.333. The first-order valence-corrected chi connectivity index (χ1v) is 13.2. The number of aliphatic hydroxyl groups is 1. The standard InChI is InChI=1S/C30H30F3N5O/c1-29(39,22-5-4-6-23(17-22)30(31,32)33)21-11-8-19(9-12-21)25-26-27(34)35-14-16-38(26)28(36-25)20-10-13-24-7-2-3-15-37(24)18-20/h2,4-9,11-12,14,16-17,20,24,39H,3,10,13,15,18H2,1H3,(H2,34,35)/t20-,24-,29-/m1/s1. The molecule has 1 saturated heterocycles. The quantitative estimate of drug-likeness (QED) is 0.326. The van der Waals surface area contributed by atoms with E-state index < -0.39 is 17.3 Å². The van der Waals surface area contributed by atoms with Crippen molar-refractivity contribution in [1.29, 1.82) is 0 Å². The molecule has 1 fully saturated rings. The summed E-state index contributed by atoms with van der Waals surface area (Å²) < 4.78 is 41.8. The van der Waals surface area contributed by atoms with Crippen LogP contribution in [0.2, 0.25) is 0 Å². The van der Waals surface area contributed by atoms with Gasteiger partial charge in [-0.2, -0.15) is 13.2 Å². The molecule has 202 valence electrons. The Balaban J connectivity index is 1.35. The van der Waals surface area contributed by atoms with Gasteiger partial charge in [0.2, 0.25) is 0 Å². The van der Waals surface area contributed by atoms with Crippen molar-refractivity contribution in [2.45, 2.75) is 49.9 Å². The predicted molar refractivity (Wildman–Crippen MR) is 144 cm³/mol. The molecule has 0 unspecified atom stereocenters. The Kier molecular flexibility index (Phi) is 6.23. The number of nitrogens with zero attached hydrogens (tertiary/aromatic N) is 4. The molecule has 6 nitrogen and oxygen atoms in total. The molecule has 0 spiro atoms. The number of nitrogens with two attached hydrogens (primary N) is 1. The minimum absolute atomic E-state index is 0.163. The van der Waals surface area contributed by atoms with Crippen LogP contribution >= 0.6 is 0 Å². The van der Waals surface area contributed by atoms with Crippen LogP contribution in [0.3, 0.4) is 0 Å². The fourth-order valence-corrected chi connectivity index (χ4v) is 5.94. The molecule has 0 bridgehead atoms. The predicted octanol–water partition coefficient (Wildman–Crippen LogP) is 5.76. The molecule has 2 aliphatic heterocycles. The molecule has 0 amide bonds. The second-order valence-electron chi connectivity index (χ2n) is 10.6. The van der Waals surface area contributed by atoms with Gasteiger partial charge in [-0.1, -0.05) is 48.6 Å². The van der Waals surface area contributed by atoms with Crippen LogP contribution in [-0.2, 0) is 11.8 Å². The molecule has 0 radical (unpaired) electrons. The Bertz CT molecular complexity index is 1540. The second kappa shape index (κ2) is 9.50. The molecule has 2 aromatic heterocycles. The van der Waals surface area contributed by atoms with Crippen LogP contribution in [0.1, 0.15) is 54.6 Å². The van der Waals surface area contributed by atoms with Crippen LogP contribution in [0, 0.1) is 0 Å². The number of hydrogen-bond acceptors (Lipinski definition) is 5. The Morgan fingerprint density at radius 2 is 1.79 bits per heavy atom. The van der Waals surface area contributed by atoms with E-state index in [9.17, 15) is 18.3 Å². The SMILES string of the molecule is C[C@@](O)(c1ccc(-c2nc([C@@H]3CC[C@H]4C=CCCN4C3)n3ccnc(N)c23)cc1)c1cccc(C(F)(F)F)c1. The molecular formula is C30H30F3N5O. The molecule has 6 rings (SSSR count). The minimum atomic E-state index is -4.49. The number of anilines is 1. The number of piperidine rings is 1. The first-order valence-electron chi connectivity index (χ1n) is 13.2. The molecule has 2 aliphatic rings. The number of rotatable bonds is 4. The third-order valence-electron chi connectivity index (χ3n) is 8.12. The van der Waals surface area contributed by atoms with Gasteiger partial charge in [0.25, 0.3) is 0 Å². The van der Waals surface area contributed by atoms with Crippen molar-refractivity contribution in [3.05, 3.63) is 95.6 Å². The van der Waals surface area contributed by atoms with Gasteiger partial charge in [-0.05, 0) is 49.4 Å². The number of hydrogen-bond donors (Lipinski definition) is 2. The lowest BCUT2D eigenvalue weighted by molar-refractivity contribution is -0.137. The van der Waals surface area contributed by atoms with E-state index in [1.807, 2.05) is 22.7 Å². The van der Waals surface area contributed by atoms with Gasteiger partial charge in [-0.3, -0.25) is 9.30 Å². The van der Waals surface area contributed by atoms with E-state index >= 15 is 0 Å². The fourth-order valence-electron chi connectivity index (χ4n) is 5.94. The topological polar surface area (TPSA) is 79.7 Å². The van der Waals surface area contributed by atoms with Gasteiger partial charge in [0.15, 0.2) is 0 Å². The number of fused-ring (bicyclic) bond motifs is 2. The van der Waals surface area contributed by atoms with Crippen LogP contribution in [0.5, 0.6) is 0 Å². The Morgan fingerprint density at radius 1 is 1.03 bits per heavy atom. The largest absolute Gasteiger partial charge is 0.416 e. The third kappa shape index (κ3) is 4.59. The second-order valence-corrected chi connectivity index (χ2v) is 10.6. The van der Waals surface area contributed by atoms with Gasteiger partial charge in [0.1, 0.15) is 28.5 Å². The summed E-state index contributed by atoms with van der Waals surface area (Å²) in [4.78, 5) is 11.9. The molecule has 4 aromatic rings. The Morgan fingerprint density at radius 3 is 2.56 bits per heavy atom. The summed E-state index contributed by atoms with van der Waals surface area (Å²) >= 11 is 0. The van der Waals surface area contributed by atoms with Crippen molar-refractivity contribution in [2.75, 3.05) is 18.8 Å². The normalized spacial score (nSPS) is 21.6. The van der Waals surface area contributed by atoms with Gasteiger partial charge in [-0.15, -0.1) is 0 Å². The van der Waals surface area contributed by atoms with Crippen molar-refractivity contribution in [2.24, 2.45) is 0 Å². The monoisotopic (exact) mass is 533 g/mol. The summed E-state index contributed by atoms with van der Waals surface area (Å²) in [7, 11) is 0. The summed E-state index contributed by atoms with van der Waals surface area (Å²) in [6, 6.07) is 12.4. The van der Waals surface area contributed by atoms with Crippen molar-refractivity contribution < 1.29 is 18.3 Å². The minimum Gasteiger partial charge on any atom is -0.382 e. The number of imidazole rings is 1. The van der Waals surface area contributed by atoms with Crippen LogP contribution in [-0.4, -0.2) is 43.5 Å². The zero-order chi connectivity index (χ0) is 27.4. The summed E-state index contributed by atoms with van der Waals surface area (Å²) in [5, 5.41) is 11.3. The molecule has 4 heterocycles. The lowest BCUT2D eigenvalue weighted by Crippen LogP contribution is -2.43. The lowest BCUT2D eigenvalue weighted by atomic mass is 9.87. The third-order valence-corrected chi connectivity index (χ3v) is 8.12. The van der Waals surface area contributed by atoms with E-state index in [1.54, 1.807) is 18.3 Å². The maximum absolute atomic E-state index is 13.3. The summed E-state index contributed by atoms with van der Waals surface area (Å²) in [5.74, 6) is 1.57. The summed E-state index contributed by atoms with van der Waals surface area (Å²) in [6.45, 7) is 3.47. The Hall–Kier alpha value is -3.69. The van der Waals surface area contributed by atoms with E-state index in [-0.39, 0.29) is 11.5 Å². The first kappa shape index (κ1) is 25.6. The highest BCUT2D eigenvalue weighted by Gasteiger charge is 2.34. The van der Waals surface area contributed by atoms with Gasteiger partial charge in [0.05, 0.1) is 5.56 Å². The van der Waals surface area contributed by atoms with Crippen molar-refractivity contribution in [3.8, 4) is 11.3 Å². The highest BCUT2D eigenvalue weighted by Crippen LogP contribution is 2.38. The zero-order valence-corrected chi connectivity index (χ0v) is 21.6. The van der Waals surface area contributed by atoms with Crippen LogP contribution < -0.4 is 5.73 Å². The lowest BCUT2D eigenvalue weighted by Gasteiger charge is -2.39. The van der Waals surface area contributed by atoms with Crippen LogP contribution in [0.15, 0.2) is 73.1 Å². The summed E-state index contributed by atoms with van der Waals surface area (Å²) in [5.41, 5.74) is 6.77. The molecule has 0 saturated carbocycles. The summed E-state index contributed by atoms with van der Waals surface area (Å²) in [6.07, 6.45) is 6.82. The molecule has 9 heteroatoms. The van der Waals surface area contributed by atoms with E-state index in [4.69, 9.17) is 10.7 Å². The smallest absolute Gasteiger partial charge is 0.382 e. The number of nitrogen functional groups attached to an aromatic ring is 1. The number of benzene rings is 2. The van der Waals surface area contributed by atoms with Crippen molar-refractivity contribution in [3.63, 3.8) is 0 Å². The van der Waals surface area contributed by atoms with Gasteiger partial charge >= 0.3 is 6.18 Å². The van der Waals surface area contributed by atoms with Gasteiger partial charge in [0, 0.05) is 43.0 Å². The number of halogens is 3. The zero-order valence-electron chi connectivity index (χ0n) is 21.6. The Labute approximate surface area is 224 Å². The molecule has 2 aromatic carbocycles. The van der Waals surface area contributed by atoms with E-state index in [0.29, 0.717) is 23.1 Å². The van der Waals surface area contributed by atoms with E-state index in [2.05, 4.69) is 22.0 Å². The molecule has 3 atom stereocenters. The van der Waals surface area contributed by atoms with Crippen LogP contribution in [0.25, 0.3) is 16.8 Å². The van der Waals surface area contributed by atoms with Crippen molar-refractivity contribution >= 4 is 11.3 Å². The molecule has 0 aliphatic carbocycles. The van der Waals surface area contributed by atoms with Gasteiger partial charge < -0.3 is 10.8 Å². The van der Waals surface area contributed by atoms with Crippen LogP contribution in [0.4, 0.5) is 19.0 Å². The highest BCUT2D eigenvalue weighted by molar-refractivity contribution is 5.85. The average molecular weight is 534 g/mol. The maximum atomic E-state index is 13.3. The molecule has 3 N–H and O–H groups in total. The number of alkyl halides is 3. The maximum Gasteiger partial charge on any atom is 0.416 e. The first-order chi connectivity index (χ1) is 18.6. The molecular weight excluding hydrogens is 503 g/mol. The van der Waals surface area contributed by atoms with Crippen molar-refractivity contribution in [1.82, 2.24) is 19.3 Å². The van der Waals surface area contributed by atoms with E-state index in [1.165, 1.54) is 19.1 Å². The molecule has 39 heavy (non-hydrogen) atoms. The highest BCUT2D eigenvalue weighted by atomic mass is 19.4. The average Bonchev–Trinajstić information content (AvgIpc) is 3.33. The number of aromatic nitrogens is 3. The van der Waals surface area contributed by atoms with Gasteiger partial charge in [-0.25, -0.2) is 9.97 Å².